The zero-order chi connectivity index (χ0) is 16.4. The minimum Gasteiger partial charge on any atom is -0.422 e. The van der Waals surface area contributed by atoms with Crippen molar-refractivity contribution in [3.8, 4) is 5.75 Å². The van der Waals surface area contributed by atoms with Crippen LogP contribution in [0.5, 0.6) is 5.75 Å². The standard InChI is InChI=1S/C17H15N3O2S.2BrH/c18-9-14-5-6-15(23-14)17(21)22-13-4-3-10-7-12(16(19)20)2-1-11(10)8-13;;/h1-8H,9,18H2,(H3,19,20);2*1H. The highest BCUT2D eigenvalue weighted by Gasteiger charge is 2.12. The second-order valence-corrected chi connectivity index (χ2v) is 6.17. The molecular weight excluding hydrogens is 470 g/mol. The lowest BCUT2D eigenvalue weighted by Gasteiger charge is -2.06. The summed E-state index contributed by atoms with van der Waals surface area (Å²) in [5.41, 5.74) is 11.7. The van der Waals surface area contributed by atoms with Crippen LogP contribution < -0.4 is 16.2 Å². The molecule has 0 aliphatic carbocycles. The van der Waals surface area contributed by atoms with Gasteiger partial charge in [0, 0.05) is 17.0 Å². The molecule has 2 aromatic carbocycles. The van der Waals surface area contributed by atoms with Gasteiger partial charge in [0.2, 0.25) is 0 Å². The SMILES string of the molecule is Br.Br.N=C(N)c1ccc2cc(OC(=O)c3ccc(CN)s3)ccc2c1. The van der Waals surface area contributed by atoms with Gasteiger partial charge in [0.05, 0.1) is 0 Å². The normalized spacial score (nSPS) is 9.80. The van der Waals surface area contributed by atoms with Gasteiger partial charge in [-0.15, -0.1) is 45.3 Å². The molecule has 0 spiro atoms. The molecule has 1 aromatic heterocycles. The fourth-order valence-electron chi connectivity index (χ4n) is 2.21. The number of nitrogen functional groups attached to an aromatic ring is 1. The number of halogens is 2. The maximum Gasteiger partial charge on any atom is 0.353 e. The van der Waals surface area contributed by atoms with Gasteiger partial charge in [0.25, 0.3) is 0 Å². The van der Waals surface area contributed by atoms with E-state index in [9.17, 15) is 4.79 Å². The molecule has 1 heterocycles. The summed E-state index contributed by atoms with van der Waals surface area (Å²) in [5, 5.41) is 9.30. The van der Waals surface area contributed by atoms with Crippen LogP contribution in [0.4, 0.5) is 0 Å². The molecule has 3 rings (SSSR count). The zero-order valence-electron chi connectivity index (χ0n) is 13.0. The quantitative estimate of drug-likeness (QED) is 0.224. The first-order valence-corrected chi connectivity index (χ1v) is 7.77. The van der Waals surface area contributed by atoms with Gasteiger partial charge in [0.15, 0.2) is 0 Å². The number of nitrogens with one attached hydrogen (secondary N) is 1. The van der Waals surface area contributed by atoms with Gasteiger partial charge in [0.1, 0.15) is 16.5 Å². The number of hydrogen-bond donors (Lipinski definition) is 3. The number of carbonyl (C=O) groups is 1. The lowest BCUT2D eigenvalue weighted by Crippen LogP contribution is -2.10. The Kier molecular flexibility index (Phi) is 7.75. The van der Waals surface area contributed by atoms with E-state index >= 15 is 0 Å². The fraction of sp³-hybridized carbons (Fsp3) is 0.0588. The number of thiophene rings is 1. The molecule has 0 radical (unpaired) electrons. The molecule has 0 atom stereocenters. The molecule has 0 saturated carbocycles. The minimum atomic E-state index is -0.394. The van der Waals surface area contributed by atoms with Gasteiger partial charge in [-0.3, -0.25) is 5.41 Å². The molecule has 0 saturated heterocycles. The molecule has 0 aliphatic rings. The molecule has 5 nitrogen and oxygen atoms in total. The Bertz CT molecular complexity index is 912. The molecule has 0 amide bonds. The Labute approximate surface area is 170 Å². The van der Waals surface area contributed by atoms with E-state index in [-0.39, 0.29) is 39.8 Å². The summed E-state index contributed by atoms with van der Waals surface area (Å²) in [7, 11) is 0. The summed E-state index contributed by atoms with van der Waals surface area (Å²) in [6, 6.07) is 14.3. The number of nitrogens with two attached hydrogens (primary N) is 2. The van der Waals surface area contributed by atoms with E-state index in [4.69, 9.17) is 21.6 Å². The Morgan fingerprint density at radius 3 is 2.36 bits per heavy atom. The Morgan fingerprint density at radius 1 is 1.04 bits per heavy atom. The molecule has 3 aromatic rings. The van der Waals surface area contributed by atoms with Crippen LogP contribution in [0.15, 0.2) is 48.5 Å². The highest BCUT2D eigenvalue weighted by atomic mass is 79.9. The number of fused-ring (bicyclic) bond motifs is 1. The zero-order valence-corrected chi connectivity index (χ0v) is 17.3. The van der Waals surface area contributed by atoms with E-state index in [1.54, 1.807) is 24.3 Å². The Morgan fingerprint density at radius 2 is 1.72 bits per heavy atom. The van der Waals surface area contributed by atoms with Crippen molar-refractivity contribution in [1.82, 2.24) is 0 Å². The number of ether oxygens (including phenoxy) is 1. The van der Waals surface area contributed by atoms with E-state index < -0.39 is 5.97 Å². The highest BCUT2D eigenvalue weighted by Crippen LogP contribution is 2.24. The summed E-state index contributed by atoms with van der Waals surface area (Å²) in [4.78, 5) is 13.6. The number of hydrogen-bond acceptors (Lipinski definition) is 5. The minimum absolute atomic E-state index is 0. The van der Waals surface area contributed by atoms with Crippen molar-refractivity contribution in [3.63, 3.8) is 0 Å². The van der Waals surface area contributed by atoms with Gasteiger partial charge < -0.3 is 16.2 Å². The Hall–Kier alpha value is -1.74. The van der Waals surface area contributed by atoms with Crippen molar-refractivity contribution in [2.75, 3.05) is 0 Å². The summed E-state index contributed by atoms with van der Waals surface area (Å²) in [5.74, 6) is 0.103. The van der Waals surface area contributed by atoms with E-state index in [1.807, 2.05) is 24.3 Å². The molecule has 25 heavy (non-hydrogen) atoms. The van der Waals surface area contributed by atoms with Crippen LogP contribution in [-0.2, 0) is 6.54 Å². The molecule has 0 aliphatic heterocycles. The number of carbonyl (C=O) groups excluding carboxylic acids is 1. The molecule has 0 unspecified atom stereocenters. The largest absolute Gasteiger partial charge is 0.422 e. The molecular formula is C17H17Br2N3O2S. The van der Waals surface area contributed by atoms with Crippen molar-refractivity contribution in [3.05, 3.63) is 63.8 Å². The fourth-order valence-corrected chi connectivity index (χ4v) is 2.97. The first kappa shape index (κ1) is 21.3. The number of amidine groups is 1. The monoisotopic (exact) mass is 485 g/mol. The number of esters is 1. The van der Waals surface area contributed by atoms with Crippen LogP contribution in [0.1, 0.15) is 20.1 Å². The molecule has 8 heteroatoms. The predicted molar refractivity (Wildman–Crippen MR) is 113 cm³/mol. The third kappa shape index (κ3) is 4.88. The lowest BCUT2D eigenvalue weighted by atomic mass is 10.1. The van der Waals surface area contributed by atoms with Crippen LogP contribution in [0.25, 0.3) is 10.8 Å². The molecule has 132 valence electrons. The van der Waals surface area contributed by atoms with Gasteiger partial charge in [-0.05, 0) is 41.1 Å². The highest BCUT2D eigenvalue weighted by molar-refractivity contribution is 8.93. The second-order valence-electron chi connectivity index (χ2n) is 5.00. The average Bonchev–Trinajstić information content (AvgIpc) is 3.03. The number of rotatable bonds is 4. The first-order chi connectivity index (χ1) is 11.1. The van der Waals surface area contributed by atoms with Crippen molar-refractivity contribution in [1.29, 1.82) is 5.41 Å². The van der Waals surface area contributed by atoms with Gasteiger partial charge in [-0.2, -0.15) is 0 Å². The molecule has 5 N–H and O–H groups in total. The van der Waals surface area contributed by atoms with E-state index in [1.165, 1.54) is 11.3 Å². The van der Waals surface area contributed by atoms with Crippen LogP contribution in [0, 0.1) is 5.41 Å². The lowest BCUT2D eigenvalue weighted by molar-refractivity contribution is 0.0740. The van der Waals surface area contributed by atoms with Crippen LogP contribution in [0.2, 0.25) is 0 Å². The van der Waals surface area contributed by atoms with Crippen molar-refractivity contribution in [2.24, 2.45) is 11.5 Å². The molecule has 0 bridgehead atoms. The van der Waals surface area contributed by atoms with Crippen molar-refractivity contribution in [2.45, 2.75) is 6.54 Å². The third-order valence-electron chi connectivity index (χ3n) is 3.40. The van der Waals surface area contributed by atoms with Gasteiger partial charge in [-0.1, -0.05) is 18.2 Å². The molecule has 0 fully saturated rings. The summed E-state index contributed by atoms with van der Waals surface area (Å²) in [6.45, 7) is 0.409. The van der Waals surface area contributed by atoms with E-state index in [2.05, 4.69) is 0 Å². The van der Waals surface area contributed by atoms with Gasteiger partial charge in [-0.25, -0.2) is 4.79 Å². The van der Waals surface area contributed by atoms with Crippen LogP contribution in [-0.4, -0.2) is 11.8 Å². The topological polar surface area (TPSA) is 102 Å². The van der Waals surface area contributed by atoms with Crippen LogP contribution >= 0.6 is 45.3 Å². The van der Waals surface area contributed by atoms with E-state index in [0.29, 0.717) is 22.7 Å². The Balaban J connectivity index is 0.00000156. The van der Waals surface area contributed by atoms with Crippen molar-refractivity contribution >= 4 is 67.9 Å². The van der Waals surface area contributed by atoms with Gasteiger partial charge >= 0.3 is 5.97 Å². The predicted octanol–water partition coefficient (Wildman–Crippen LogP) is 4.02. The summed E-state index contributed by atoms with van der Waals surface area (Å²) >= 11 is 1.33. The first-order valence-electron chi connectivity index (χ1n) is 6.96. The maximum atomic E-state index is 12.1. The summed E-state index contributed by atoms with van der Waals surface area (Å²) < 4.78 is 5.41. The third-order valence-corrected chi connectivity index (χ3v) is 4.48. The van der Waals surface area contributed by atoms with Crippen LogP contribution in [0.3, 0.4) is 0 Å². The second kappa shape index (κ2) is 9.10. The van der Waals surface area contributed by atoms with E-state index in [0.717, 1.165) is 15.6 Å². The maximum absolute atomic E-state index is 12.1. The summed E-state index contributed by atoms with van der Waals surface area (Å²) in [6.07, 6.45) is 0. The average molecular weight is 487 g/mol. The smallest absolute Gasteiger partial charge is 0.353 e. The van der Waals surface area contributed by atoms with Crippen molar-refractivity contribution < 1.29 is 9.53 Å². The number of benzene rings is 2.